The molecule has 0 saturated carbocycles. The Hall–Kier alpha value is -2.34. The van der Waals surface area contributed by atoms with Gasteiger partial charge in [-0.05, 0) is 69.3 Å². The van der Waals surface area contributed by atoms with Gasteiger partial charge in [0.1, 0.15) is 0 Å². The van der Waals surface area contributed by atoms with E-state index in [4.69, 9.17) is 0 Å². The summed E-state index contributed by atoms with van der Waals surface area (Å²) in [5, 5.41) is 8.74. The van der Waals surface area contributed by atoms with E-state index < -0.39 is 0 Å². The van der Waals surface area contributed by atoms with Crippen molar-refractivity contribution in [1.29, 1.82) is 0 Å². The lowest BCUT2D eigenvalue weighted by molar-refractivity contribution is -0.114. The van der Waals surface area contributed by atoms with Gasteiger partial charge >= 0.3 is 0 Å². The first-order valence-corrected chi connectivity index (χ1v) is 8.74. The molecule has 0 aliphatic rings. The Balaban J connectivity index is 1.86. The lowest BCUT2D eigenvalue weighted by Crippen LogP contribution is -2.40. The van der Waals surface area contributed by atoms with Crippen LogP contribution in [-0.2, 0) is 4.79 Å². The fourth-order valence-electron chi connectivity index (χ4n) is 2.07. The standard InChI is InChI=1S/C19H22BrN3O2/c1-19(2,3)23-18(25)13-4-8-16(9-5-13)22-17(24)12-21-15-10-6-14(20)7-11-15/h4-11,21H,12H2,1-3H3,(H,22,24)(H,23,25). The molecule has 3 N–H and O–H groups in total. The Kier molecular flexibility index (Phi) is 6.20. The lowest BCUT2D eigenvalue weighted by Gasteiger charge is -2.20. The smallest absolute Gasteiger partial charge is 0.251 e. The van der Waals surface area contributed by atoms with Gasteiger partial charge in [-0.15, -0.1) is 0 Å². The zero-order valence-electron chi connectivity index (χ0n) is 14.5. The van der Waals surface area contributed by atoms with Crippen molar-refractivity contribution in [3.63, 3.8) is 0 Å². The van der Waals surface area contributed by atoms with Gasteiger partial charge in [0.15, 0.2) is 0 Å². The Labute approximate surface area is 156 Å². The van der Waals surface area contributed by atoms with Crippen molar-refractivity contribution in [3.8, 4) is 0 Å². The van der Waals surface area contributed by atoms with Gasteiger partial charge in [0.2, 0.25) is 5.91 Å². The third-order valence-corrected chi connectivity index (χ3v) is 3.75. The molecule has 5 nitrogen and oxygen atoms in total. The number of rotatable bonds is 5. The fraction of sp³-hybridized carbons (Fsp3) is 0.263. The number of anilines is 2. The highest BCUT2D eigenvalue weighted by Crippen LogP contribution is 2.14. The van der Waals surface area contributed by atoms with Crippen LogP contribution in [0.5, 0.6) is 0 Å². The summed E-state index contributed by atoms with van der Waals surface area (Å²) in [6.45, 7) is 5.95. The topological polar surface area (TPSA) is 70.2 Å². The summed E-state index contributed by atoms with van der Waals surface area (Å²) in [5.74, 6) is -0.294. The summed E-state index contributed by atoms with van der Waals surface area (Å²) in [7, 11) is 0. The third-order valence-electron chi connectivity index (χ3n) is 3.22. The SMILES string of the molecule is CC(C)(C)NC(=O)c1ccc(NC(=O)CNc2ccc(Br)cc2)cc1. The van der Waals surface area contributed by atoms with Gasteiger partial charge < -0.3 is 16.0 Å². The zero-order chi connectivity index (χ0) is 18.4. The minimum Gasteiger partial charge on any atom is -0.376 e. The second kappa shape index (κ2) is 8.16. The number of carbonyl (C=O) groups excluding carboxylic acids is 2. The van der Waals surface area contributed by atoms with Crippen LogP contribution in [-0.4, -0.2) is 23.9 Å². The van der Waals surface area contributed by atoms with Crippen LogP contribution in [0, 0.1) is 0 Å². The summed E-state index contributed by atoms with van der Waals surface area (Å²) >= 11 is 3.37. The highest BCUT2D eigenvalue weighted by Gasteiger charge is 2.15. The minimum atomic E-state index is -0.289. The average Bonchev–Trinajstić information content (AvgIpc) is 2.53. The Morgan fingerprint density at radius 2 is 1.48 bits per heavy atom. The van der Waals surface area contributed by atoms with E-state index in [0.29, 0.717) is 11.3 Å². The molecular formula is C19H22BrN3O2. The van der Waals surface area contributed by atoms with Gasteiger partial charge in [-0.2, -0.15) is 0 Å². The quantitative estimate of drug-likeness (QED) is 0.705. The van der Waals surface area contributed by atoms with E-state index >= 15 is 0 Å². The summed E-state index contributed by atoms with van der Waals surface area (Å²) < 4.78 is 0.984. The van der Waals surface area contributed by atoms with Crippen LogP contribution in [0.1, 0.15) is 31.1 Å². The molecule has 2 aromatic carbocycles. The van der Waals surface area contributed by atoms with Crippen LogP contribution in [0.3, 0.4) is 0 Å². The molecule has 0 radical (unpaired) electrons. The van der Waals surface area contributed by atoms with E-state index in [0.717, 1.165) is 10.2 Å². The molecule has 0 spiro atoms. The monoisotopic (exact) mass is 403 g/mol. The van der Waals surface area contributed by atoms with Crippen molar-refractivity contribution in [1.82, 2.24) is 5.32 Å². The number of amides is 2. The van der Waals surface area contributed by atoms with E-state index in [1.165, 1.54) is 0 Å². The first-order chi connectivity index (χ1) is 11.7. The summed E-state index contributed by atoms with van der Waals surface area (Å²) in [6.07, 6.45) is 0. The van der Waals surface area contributed by atoms with Gasteiger partial charge in [0, 0.05) is 26.9 Å². The second-order valence-corrected chi connectivity index (χ2v) is 7.61. The van der Waals surface area contributed by atoms with Crippen LogP contribution >= 0.6 is 15.9 Å². The molecule has 0 aliphatic heterocycles. The van der Waals surface area contributed by atoms with E-state index in [2.05, 4.69) is 31.9 Å². The van der Waals surface area contributed by atoms with E-state index in [1.807, 2.05) is 45.0 Å². The number of hydrogen-bond donors (Lipinski definition) is 3. The molecule has 2 rings (SSSR count). The Bertz CT molecular complexity index is 735. The van der Waals surface area contributed by atoms with Crippen molar-refractivity contribution in [2.24, 2.45) is 0 Å². The molecule has 132 valence electrons. The molecular weight excluding hydrogens is 382 g/mol. The molecule has 0 unspecified atom stereocenters. The number of halogens is 1. The normalized spacial score (nSPS) is 10.9. The van der Waals surface area contributed by atoms with Crippen molar-refractivity contribution in [2.75, 3.05) is 17.2 Å². The Morgan fingerprint density at radius 3 is 2.04 bits per heavy atom. The molecule has 0 saturated heterocycles. The summed E-state index contributed by atoms with van der Waals surface area (Å²) in [5.41, 5.74) is 1.78. The first kappa shape index (κ1) is 19.0. The van der Waals surface area contributed by atoms with Gasteiger partial charge in [-0.3, -0.25) is 9.59 Å². The molecule has 0 aromatic heterocycles. The van der Waals surface area contributed by atoms with Crippen LogP contribution in [0.25, 0.3) is 0 Å². The van der Waals surface area contributed by atoms with Gasteiger partial charge in [0.05, 0.1) is 6.54 Å². The lowest BCUT2D eigenvalue weighted by atomic mass is 10.1. The molecule has 0 heterocycles. The first-order valence-electron chi connectivity index (χ1n) is 7.95. The largest absolute Gasteiger partial charge is 0.376 e. The van der Waals surface area contributed by atoms with Gasteiger partial charge in [-0.25, -0.2) is 0 Å². The van der Waals surface area contributed by atoms with Crippen LogP contribution in [0.15, 0.2) is 53.0 Å². The average molecular weight is 404 g/mol. The number of benzene rings is 2. The highest BCUT2D eigenvalue weighted by atomic mass is 79.9. The zero-order valence-corrected chi connectivity index (χ0v) is 16.1. The molecule has 0 aliphatic carbocycles. The number of hydrogen-bond acceptors (Lipinski definition) is 3. The maximum Gasteiger partial charge on any atom is 0.251 e. The third kappa shape index (κ3) is 6.58. The van der Waals surface area contributed by atoms with Gasteiger partial charge in [-0.1, -0.05) is 15.9 Å². The summed E-state index contributed by atoms with van der Waals surface area (Å²) in [4.78, 5) is 24.1. The van der Waals surface area contributed by atoms with E-state index in [1.54, 1.807) is 24.3 Å². The van der Waals surface area contributed by atoms with Crippen molar-refractivity contribution < 1.29 is 9.59 Å². The predicted molar refractivity (Wildman–Crippen MR) is 105 cm³/mol. The Morgan fingerprint density at radius 1 is 0.920 bits per heavy atom. The molecule has 6 heteroatoms. The molecule has 2 amide bonds. The van der Waals surface area contributed by atoms with Gasteiger partial charge in [0.25, 0.3) is 5.91 Å². The molecule has 25 heavy (non-hydrogen) atoms. The van der Waals surface area contributed by atoms with E-state index in [9.17, 15) is 9.59 Å². The molecule has 0 atom stereocenters. The van der Waals surface area contributed by atoms with Crippen molar-refractivity contribution in [2.45, 2.75) is 26.3 Å². The van der Waals surface area contributed by atoms with E-state index in [-0.39, 0.29) is 23.9 Å². The molecule has 0 bridgehead atoms. The van der Waals surface area contributed by atoms with Crippen molar-refractivity contribution in [3.05, 3.63) is 58.6 Å². The second-order valence-electron chi connectivity index (χ2n) is 6.69. The number of carbonyl (C=O) groups is 2. The number of nitrogens with one attached hydrogen (secondary N) is 3. The predicted octanol–water partition coefficient (Wildman–Crippen LogP) is 4.03. The molecule has 2 aromatic rings. The minimum absolute atomic E-state index is 0.137. The molecule has 0 fully saturated rings. The maximum atomic E-state index is 12.1. The highest BCUT2D eigenvalue weighted by molar-refractivity contribution is 9.10. The fourth-order valence-corrected chi connectivity index (χ4v) is 2.34. The van der Waals surface area contributed by atoms with Crippen LogP contribution < -0.4 is 16.0 Å². The van der Waals surface area contributed by atoms with Crippen LogP contribution in [0.2, 0.25) is 0 Å². The van der Waals surface area contributed by atoms with Crippen LogP contribution in [0.4, 0.5) is 11.4 Å². The van der Waals surface area contributed by atoms with Crippen molar-refractivity contribution >= 4 is 39.1 Å². The summed E-state index contributed by atoms with van der Waals surface area (Å²) in [6, 6.07) is 14.4. The maximum absolute atomic E-state index is 12.1.